The lowest BCUT2D eigenvalue weighted by molar-refractivity contribution is 0.672. The van der Waals surface area contributed by atoms with E-state index in [1.54, 1.807) is 11.0 Å². The van der Waals surface area contributed by atoms with Crippen molar-refractivity contribution in [2.75, 3.05) is 4.90 Å². The van der Waals surface area contributed by atoms with Crippen molar-refractivity contribution in [3.63, 3.8) is 0 Å². The number of anilines is 3. The third-order valence-electron chi connectivity index (χ3n) is 9.23. The SMILES string of the molecule is [2H]c1c([2H])c(N(c2ccc(-c3cccc4ccccc34)cc2)c2cccc3oc4c5ccccc5ccc4c23)c([2H])c([2H])c1-c1c([2H])c([2H])c([2H])c2c([2H])c([2H])c([2H])c([2H])c12. The second-order valence-electron chi connectivity index (χ2n) is 12.0. The van der Waals surface area contributed by atoms with Gasteiger partial charge in [-0.25, -0.2) is 0 Å². The van der Waals surface area contributed by atoms with E-state index in [4.69, 9.17) is 14.0 Å². The molecule has 0 aliphatic heterocycles. The molecule has 2 heteroatoms. The van der Waals surface area contributed by atoms with Crippen molar-refractivity contribution in [1.82, 2.24) is 0 Å². The Hall–Kier alpha value is -6.64. The number of benzene rings is 9. The van der Waals surface area contributed by atoms with E-state index in [0.717, 1.165) is 38.1 Å². The van der Waals surface area contributed by atoms with Gasteiger partial charge in [0.25, 0.3) is 0 Å². The highest BCUT2D eigenvalue weighted by Gasteiger charge is 2.21. The van der Waals surface area contributed by atoms with Crippen LogP contribution in [-0.2, 0) is 0 Å². The van der Waals surface area contributed by atoms with Crippen LogP contribution in [0.4, 0.5) is 17.1 Å². The molecule has 0 saturated carbocycles. The van der Waals surface area contributed by atoms with E-state index in [0.29, 0.717) is 27.9 Å². The fraction of sp³-hybridized carbons (Fsp3) is 0. The van der Waals surface area contributed by atoms with E-state index in [-0.39, 0.29) is 22.0 Å². The largest absolute Gasteiger partial charge is 0.455 e. The molecule has 0 atom stereocenters. The topological polar surface area (TPSA) is 16.4 Å². The van der Waals surface area contributed by atoms with Gasteiger partial charge in [0.1, 0.15) is 11.2 Å². The Morgan fingerprint density at radius 2 is 1.14 bits per heavy atom. The summed E-state index contributed by atoms with van der Waals surface area (Å²) in [5, 5.41) is 4.78. The van der Waals surface area contributed by atoms with Crippen molar-refractivity contribution in [3.05, 3.63) is 188 Å². The summed E-state index contributed by atoms with van der Waals surface area (Å²) in [4.78, 5) is 1.67. The van der Waals surface area contributed by atoms with E-state index in [1.807, 2.05) is 109 Å². The zero-order valence-corrected chi connectivity index (χ0v) is 26.4. The molecular formula is C48H31NO. The first-order chi connectivity index (χ1) is 29.4. The Balaban J connectivity index is 1.27. The van der Waals surface area contributed by atoms with Gasteiger partial charge in [-0.15, -0.1) is 0 Å². The van der Waals surface area contributed by atoms with Crippen LogP contribution in [0.3, 0.4) is 0 Å². The highest BCUT2D eigenvalue weighted by molar-refractivity contribution is 6.19. The Bertz CT molecular complexity index is 3470. The monoisotopic (exact) mass is 648 g/mol. The second-order valence-corrected chi connectivity index (χ2v) is 12.0. The van der Waals surface area contributed by atoms with Crippen LogP contribution in [0.2, 0.25) is 0 Å². The molecule has 0 aliphatic carbocycles. The molecule has 10 rings (SSSR count). The standard InChI is InChI=1S/C48H31NO/c1-4-15-39-32(10-1)13-7-18-41(39)35-22-27-37(28-23-35)49(38-29-24-36(25-30-38)42-19-8-14-33-11-2-5-16-40(33)42)45-20-9-21-46-47(45)44-31-26-34-12-3-6-17-43(34)48(44)50-46/h1-31H/i1D,4D,7D,10D,13D,15D,18D,22D,23D,27D,28D. The quantitative estimate of drug-likeness (QED) is 0.185. The number of fused-ring (bicyclic) bond motifs is 7. The maximum atomic E-state index is 9.66. The van der Waals surface area contributed by atoms with Gasteiger partial charge in [0.2, 0.25) is 0 Å². The van der Waals surface area contributed by atoms with Gasteiger partial charge in [-0.05, 0) is 91.6 Å². The van der Waals surface area contributed by atoms with Crippen LogP contribution >= 0.6 is 0 Å². The zero-order valence-electron chi connectivity index (χ0n) is 37.4. The van der Waals surface area contributed by atoms with Crippen LogP contribution in [0.15, 0.2) is 192 Å². The van der Waals surface area contributed by atoms with Gasteiger partial charge in [-0.1, -0.05) is 145 Å². The molecule has 0 radical (unpaired) electrons. The first kappa shape index (κ1) is 19.4. The minimum absolute atomic E-state index is 0.125. The first-order valence-electron chi connectivity index (χ1n) is 21.7. The van der Waals surface area contributed by atoms with Crippen LogP contribution in [0.25, 0.3) is 76.5 Å². The fourth-order valence-electron chi connectivity index (χ4n) is 6.92. The minimum atomic E-state index is -0.674. The zero-order chi connectivity index (χ0) is 42.6. The molecule has 50 heavy (non-hydrogen) atoms. The normalized spacial score (nSPS) is 14.7. The van der Waals surface area contributed by atoms with Crippen molar-refractivity contribution in [3.8, 4) is 22.3 Å². The molecule has 0 bridgehead atoms. The molecule has 10 aromatic rings. The molecule has 234 valence electrons. The number of nitrogens with zero attached hydrogens (tertiary/aromatic N) is 1. The lowest BCUT2D eigenvalue weighted by atomic mass is 9.97. The summed E-state index contributed by atoms with van der Waals surface area (Å²) in [6.45, 7) is 0. The summed E-state index contributed by atoms with van der Waals surface area (Å²) in [5.41, 5.74) is 3.18. The van der Waals surface area contributed by atoms with Gasteiger partial charge in [-0.3, -0.25) is 0 Å². The molecule has 0 aliphatic rings. The van der Waals surface area contributed by atoms with Crippen molar-refractivity contribution in [2.45, 2.75) is 0 Å². The van der Waals surface area contributed by atoms with Gasteiger partial charge in [0, 0.05) is 22.1 Å². The molecule has 0 unspecified atom stereocenters. The molecular weight excluding hydrogens is 607 g/mol. The number of rotatable bonds is 5. The van der Waals surface area contributed by atoms with E-state index in [2.05, 4.69) is 6.07 Å². The highest BCUT2D eigenvalue weighted by Crippen LogP contribution is 2.45. The summed E-state index contributed by atoms with van der Waals surface area (Å²) >= 11 is 0. The Kier molecular flexibility index (Phi) is 4.46. The van der Waals surface area contributed by atoms with Gasteiger partial charge in [0.15, 0.2) is 0 Å². The van der Waals surface area contributed by atoms with E-state index >= 15 is 0 Å². The van der Waals surface area contributed by atoms with Crippen molar-refractivity contribution >= 4 is 71.3 Å². The third-order valence-corrected chi connectivity index (χ3v) is 9.23. The van der Waals surface area contributed by atoms with Gasteiger partial charge in [-0.2, -0.15) is 0 Å². The Morgan fingerprint density at radius 1 is 0.420 bits per heavy atom. The summed E-state index contributed by atoms with van der Waals surface area (Å²) in [6.07, 6.45) is 0. The molecule has 1 heterocycles. The molecule has 2 nitrogen and oxygen atoms in total. The predicted molar refractivity (Wildman–Crippen MR) is 212 cm³/mol. The molecule has 0 fully saturated rings. The van der Waals surface area contributed by atoms with Crippen LogP contribution < -0.4 is 4.90 Å². The first-order valence-corrected chi connectivity index (χ1v) is 16.2. The lowest BCUT2D eigenvalue weighted by Gasteiger charge is -2.27. The second kappa shape index (κ2) is 11.5. The Labute approximate surface area is 305 Å². The van der Waals surface area contributed by atoms with Gasteiger partial charge >= 0.3 is 0 Å². The summed E-state index contributed by atoms with van der Waals surface area (Å²) in [6, 6.07) is 32.4. The number of furan rings is 1. The third kappa shape index (κ3) is 4.57. The summed E-state index contributed by atoms with van der Waals surface area (Å²) in [7, 11) is 0. The van der Waals surface area contributed by atoms with Crippen molar-refractivity contribution in [1.29, 1.82) is 0 Å². The van der Waals surface area contributed by atoms with Crippen molar-refractivity contribution in [2.24, 2.45) is 0 Å². The van der Waals surface area contributed by atoms with Crippen molar-refractivity contribution < 1.29 is 19.5 Å². The molecule has 0 amide bonds. The fourth-order valence-corrected chi connectivity index (χ4v) is 6.92. The maximum Gasteiger partial charge on any atom is 0.143 e. The molecule has 9 aromatic carbocycles. The number of hydrogen-bond acceptors (Lipinski definition) is 2. The smallest absolute Gasteiger partial charge is 0.143 e. The summed E-state index contributed by atoms with van der Waals surface area (Å²) in [5.74, 6) is 0. The summed E-state index contributed by atoms with van der Waals surface area (Å²) < 4.78 is 105. The Morgan fingerprint density at radius 3 is 2.00 bits per heavy atom. The lowest BCUT2D eigenvalue weighted by Crippen LogP contribution is -2.10. The maximum absolute atomic E-state index is 9.66. The highest BCUT2D eigenvalue weighted by atomic mass is 16.3. The molecule has 0 spiro atoms. The van der Waals surface area contributed by atoms with Gasteiger partial charge < -0.3 is 9.32 Å². The number of hydrogen-bond donors (Lipinski definition) is 0. The molecule has 0 saturated heterocycles. The average molecular weight is 649 g/mol. The van der Waals surface area contributed by atoms with Crippen LogP contribution in [0.5, 0.6) is 0 Å². The minimum Gasteiger partial charge on any atom is -0.455 e. The molecule has 0 N–H and O–H groups in total. The van der Waals surface area contributed by atoms with Crippen LogP contribution in [-0.4, -0.2) is 0 Å². The van der Waals surface area contributed by atoms with Crippen LogP contribution in [0, 0.1) is 0 Å². The van der Waals surface area contributed by atoms with Gasteiger partial charge in [0.05, 0.1) is 26.2 Å². The average Bonchev–Trinajstić information content (AvgIpc) is 3.68. The predicted octanol–water partition coefficient (Wildman–Crippen LogP) is 13.8. The van der Waals surface area contributed by atoms with E-state index in [1.165, 1.54) is 0 Å². The van der Waals surface area contributed by atoms with E-state index < -0.39 is 72.0 Å². The van der Waals surface area contributed by atoms with E-state index in [9.17, 15) is 5.48 Å². The molecule has 1 aromatic heterocycles. The van der Waals surface area contributed by atoms with Crippen LogP contribution in [0.1, 0.15) is 15.1 Å².